The van der Waals surface area contributed by atoms with Crippen molar-refractivity contribution in [2.24, 2.45) is 5.92 Å². The molecule has 1 unspecified atom stereocenters. The molecule has 3 aliphatic rings. The van der Waals surface area contributed by atoms with Crippen LogP contribution < -0.4 is 0 Å². The van der Waals surface area contributed by atoms with E-state index in [0.717, 1.165) is 13.0 Å². The third kappa shape index (κ3) is 2.95. The lowest BCUT2D eigenvalue weighted by atomic mass is 10.0. The van der Waals surface area contributed by atoms with E-state index in [1.165, 1.54) is 0 Å². The summed E-state index contributed by atoms with van der Waals surface area (Å²) in [5.74, 6) is -0.0793. The fraction of sp³-hybridized carbons (Fsp3) is 1.00. The van der Waals surface area contributed by atoms with Crippen molar-refractivity contribution in [1.82, 2.24) is 0 Å². The van der Waals surface area contributed by atoms with Crippen LogP contribution in [0.5, 0.6) is 0 Å². The lowest BCUT2D eigenvalue weighted by Crippen LogP contribution is -2.46. The topological polar surface area (TPSA) is 40.2 Å². The Kier molecular flexibility index (Phi) is 3.62. The minimum atomic E-state index is -1.80. The van der Waals surface area contributed by atoms with Crippen LogP contribution in [-0.2, 0) is 18.6 Å². The molecule has 2 heterocycles. The van der Waals surface area contributed by atoms with Crippen molar-refractivity contribution < 1.29 is 18.6 Å². The van der Waals surface area contributed by atoms with Crippen molar-refractivity contribution in [3.05, 3.63) is 0 Å². The summed E-state index contributed by atoms with van der Waals surface area (Å²) < 4.78 is 24.5. The van der Waals surface area contributed by atoms with E-state index in [1.807, 2.05) is 13.8 Å². The van der Waals surface area contributed by atoms with Crippen LogP contribution in [-0.4, -0.2) is 45.1 Å². The maximum atomic E-state index is 6.66. The highest BCUT2D eigenvalue weighted by Crippen LogP contribution is 2.49. The van der Waals surface area contributed by atoms with Crippen LogP contribution in [0.15, 0.2) is 0 Å². The van der Waals surface area contributed by atoms with E-state index in [0.29, 0.717) is 12.0 Å². The first-order valence-electron chi connectivity index (χ1n) is 8.15. The molecule has 0 spiro atoms. The molecular formula is C16H30O4Si. The molecule has 2 aliphatic heterocycles. The average Bonchev–Trinajstić information content (AvgIpc) is 3.01. The van der Waals surface area contributed by atoms with Crippen molar-refractivity contribution in [1.29, 1.82) is 0 Å². The second-order valence-corrected chi connectivity index (χ2v) is 13.5. The second-order valence-electron chi connectivity index (χ2n) is 8.75. The van der Waals surface area contributed by atoms with Crippen molar-refractivity contribution in [2.75, 3.05) is 6.61 Å². The molecule has 0 bridgehead atoms. The minimum absolute atomic E-state index is 0.0586. The lowest BCUT2D eigenvalue weighted by Gasteiger charge is -2.39. The van der Waals surface area contributed by atoms with Gasteiger partial charge >= 0.3 is 0 Å². The lowest BCUT2D eigenvalue weighted by molar-refractivity contribution is -0.166. The maximum Gasteiger partial charge on any atom is 0.192 e. The zero-order valence-electron chi connectivity index (χ0n) is 14.4. The van der Waals surface area contributed by atoms with Gasteiger partial charge in [-0.25, -0.2) is 0 Å². The highest BCUT2D eigenvalue weighted by atomic mass is 28.4. The average molecular weight is 314 g/mol. The van der Waals surface area contributed by atoms with Crippen LogP contribution in [0.2, 0.25) is 18.1 Å². The Labute approximate surface area is 129 Å². The number of rotatable bonds is 3. The second kappa shape index (κ2) is 4.77. The molecule has 0 aromatic heterocycles. The van der Waals surface area contributed by atoms with E-state index in [1.54, 1.807) is 0 Å². The van der Waals surface area contributed by atoms with Gasteiger partial charge in [-0.05, 0) is 38.4 Å². The SMILES string of the molecule is CC1(C)O[C@@H]2[C@H](O1)[C@H](O[Si](C)(C)C(C)(C)C)C[C@H]2C1CO1. The van der Waals surface area contributed by atoms with Gasteiger partial charge in [-0.3, -0.25) is 0 Å². The molecule has 122 valence electrons. The van der Waals surface area contributed by atoms with Crippen molar-refractivity contribution in [3.8, 4) is 0 Å². The smallest absolute Gasteiger partial charge is 0.192 e. The van der Waals surface area contributed by atoms with Crippen LogP contribution >= 0.6 is 0 Å². The highest BCUT2D eigenvalue weighted by Gasteiger charge is 2.59. The number of fused-ring (bicyclic) bond motifs is 1. The zero-order valence-corrected chi connectivity index (χ0v) is 15.4. The van der Waals surface area contributed by atoms with Gasteiger partial charge in [0.15, 0.2) is 14.1 Å². The normalized spacial score (nSPS) is 42.1. The van der Waals surface area contributed by atoms with E-state index < -0.39 is 14.1 Å². The zero-order chi connectivity index (χ0) is 15.6. The molecule has 5 heteroatoms. The van der Waals surface area contributed by atoms with Crippen molar-refractivity contribution in [3.63, 3.8) is 0 Å². The summed E-state index contributed by atoms with van der Waals surface area (Å²) in [5.41, 5.74) is 0. The summed E-state index contributed by atoms with van der Waals surface area (Å²) in [7, 11) is -1.80. The summed E-state index contributed by atoms with van der Waals surface area (Å²) in [5, 5.41) is 0.214. The van der Waals surface area contributed by atoms with Crippen LogP contribution in [0.3, 0.4) is 0 Å². The fourth-order valence-electron chi connectivity index (χ4n) is 3.31. The molecule has 0 aromatic carbocycles. The number of hydrogen-bond donors (Lipinski definition) is 0. The third-order valence-corrected chi connectivity index (χ3v) is 10.0. The summed E-state index contributed by atoms with van der Waals surface area (Å²) in [4.78, 5) is 0. The Balaban J connectivity index is 1.77. The van der Waals surface area contributed by atoms with Crippen molar-refractivity contribution >= 4 is 8.32 Å². The molecule has 4 nitrogen and oxygen atoms in total. The Morgan fingerprint density at radius 3 is 2.19 bits per heavy atom. The first kappa shape index (κ1) is 15.9. The predicted molar refractivity (Wildman–Crippen MR) is 83.7 cm³/mol. The number of epoxide rings is 1. The van der Waals surface area contributed by atoms with E-state index in [9.17, 15) is 0 Å². The Bertz CT molecular complexity index is 411. The molecule has 0 aromatic rings. The fourth-order valence-corrected chi connectivity index (χ4v) is 4.65. The van der Waals surface area contributed by atoms with Crippen molar-refractivity contribution in [2.45, 2.75) is 89.4 Å². The molecule has 5 atom stereocenters. The molecule has 0 N–H and O–H groups in total. The Morgan fingerprint density at radius 1 is 1.10 bits per heavy atom. The van der Waals surface area contributed by atoms with Crippen LogP contribution in [0.4, 0.5) is 0 Å². The van der Waals surface area contributed by atoms with Gasteiger partial charge in [0, 0.05) is 5.92 Å². The van der Waals surface area contributed by atoms with Gasteiger partial charge in [0.1, 0.15) is 6.10 Å². The maximum absolute atomic E-state index is 6.66. The molecular weight excluding hydrogens is 284 g/mol. The van der Waals surface area contributed by atoms with Gasteiger partial charge in [-0.2, -0.15) is 0 Å². The molecule has 1 saturated carbocycles. The van der Waals surface area contributed by atoms with Gasteiger partial charge in [-0.15, -0.1) is 0 Å². The molecule has 21 heavy (non-hydrogen) atoms. The standard InChI is InChI=1S/C16H30O4Si/c1-15(2,3)21(6,7)20-11-8-10(12-9-17-12)13-14(11)19-16(4,5)18-13/h10-14H,8-9H2,1-7H3/t10-,11+,12?,13-,14+/m0/s1. The first-order valence-corrected chi connectivity index (χ1v) is 11.1. The van der Waals surface area contributed by atoms with E-state index >= 15 is 0 Å². The summed E-state index contributed by atoms with van der Waals surface area (Å²) in [6.07, 6.45) is 1.68. The predicted octanol–water partition coefficient (Wildman–Crippen LogP) is 3.32. The van der Waals surface area contributed by atoms with Gasteiger partial charge < -0.3 is 18.6 Å². The molecule has 1 aliphatic carbocycles. The van der Waals surface area contributed by atoms with Crippen LogP contribution in [0.25, 0.3) is 0 Å². The molecule has 3 rings (SSSR count). The largest absolute Gasteiger partial charge is 0.411 e. The summed E-state index contributed by atoms with van der Waals surface area (Å²) >= 11 is 0. The highest BCUT2D eigenvalue weighted by molar-refractivity contribution is 6.74. The van der Waals surface area contributed by atoms with Crippen LogP contribution in [0.1, 0.15) is 41.0 Å². The van der Waals surface area contributed by atoms with Gasteiger partial charge in [-0.1, -0.05) is 20.8 Å². The number of hydrogen-bond acceptors (Lipinski definition) is 4. The Morgan fingerprint density at radius 2 is 1.67 bits per heavy atom. The van der Waals surface area contributed by atoms with E-state index in [-0.39, 0.29) is 23.4 Å². The van der Waals surface area contributed by atoms with Crippen LogP contribution in [0, 0.1) is 5.92 Å². The summed E-state index contributed by atoms with van der Waals surface area (Å²) in [6, 6.07) is 0. The summed E-state index contributed by atoms with van der Waals surface area (Å²) in [6.45, 7) is 16.3. The van der Waals surface area contributed by atoms with Gasteiger partial charge in [0.2, 0.25) is 0 Å². The van der Waals surface area contributed by atoms with E-state index in [2.05, 4.69) is 33.9 Å². The third-order valence-electron chi connectivity index (χ3n) is 5.55. The molecule has 3 fully saturated rings. The molecule has 2 saturated heterocycles. The Hall–Kier alpha value is 0.0569. The van der Waals surface area contributed by atoms with Gasteiger partial charge in [0.05, 0.1) is 24.9 Å². The molecule has 0 radical (unpaired) electrons. The first-order chi connectivity index (χ1) is 9.50. The minimum Gasteiger partial charge on any atom is -0.411 e. The van der Waals surface area contributed by atoms with E-state index in [4.69, 9.17) is 18.6 Å². The number of ether oxygens (including phenoxy) is 3. The van der Waals surface area contributed by atoms with Gasteiger partial charge in [0.25, 0.3) is 0 Å². The quantitative estimate of drug-likeness (QED) is 0.592. The monoisotopic (exact) mass is 314 g/mol. The molecule has 0 amide bonds.